The molecule has 1 aromatic rings. The minimum Gasteiger partial charge on any atom is -0.353 e. The van der Waals surface area contributed by atoms with E-state index in [0.717, 1.165) is 16.3 Å². The van der Waals surface area contributed by atoms with Crippen LogP contribution in [0.2, 0.25) is 0 Å². The van der Waals surface area contributed by atoms with Crippen LogP contribution in [0.1, 0.15) is 39.0 Å². The van der Waals surface area contributed by atoms with E-state index in [1.54, 1.807) is 0 Å². The van der Waals surface area contributed by atoms with E-state index >= 15 is 0 Å². The van der Waals surface area contributed by atoms with Crippen molar-refractivity contribution in [2.75, 3.05) is 22.9 Å². The topological polar surface area (TPSA) is 66.5 Å². The number of nitrogens with zero attached hydrogens (tertiary/aromatic N) is 1. The molecule has 1 N–H and O–H groups in total. The molecule has 0 aromatic heterocycles. The summed E-state index contributed by atoms with van der Waals surface area (Å²) in [6, 6.07) is 4.17. The van der Waals surface area contributed by atoms with Crippen molar-refractivity contribution in [2.24, 2.45) is 0 Å². The number of anilines is 1. The number of rotatable bonds is 8. The Balaban J connectivity index is 1.91. The summed E-state index contributed by atoms with van der Waals surface area (Å²) in [5.74, 6) is 0.00137. The van der Waals surface area contributed by atoms with Crippen LogP contribution in [0.4, 0.5) is 10.1 Å². The van der Waals surface area contributed by atoms with E-state index in [4.69, 9.17) is 0 Å². The van der Waals surface area contributed by atoms with Crippen molar-refractivity contribution < 1.29 is 17.6 Å². The molecule has 0 bridgehead atoms. The lowest BCUT2D eigenvalue weighted by molar-refractivity contribution is -0.121. The SMILES string of the molecule is CC(C(=O)NCCSC1CCCCC1)N(c1ccc(F)cc1)S(C)(=O)=O. The maximum Gasteiger partial charge on any atom is 0.243 e. The Labute approximate surface area is 159 Å². The first-order chi connectivity index (χ1) is 12.3. The van der Waals surface area contributed by atoms with Gasteiger partial charge in [-0.3, -0.25) is 9.10 Å². The van der Waals surface area contributed by atoms with E-state index in [1.165, 1.54) is 63.3 Å². The van der Waals surface area contributed by atoms with Crippen LogP contribution >= 0.6 is 11.8 Å². The summed E-state index contributed by atoms with van der Waals surface area (Å²) in [5, 5.41) is 3.49. The molecule has 1 aromatic carbocycles. The lowest BCUT2D eigenvalue weighted by Gasteiger charge is -2.28. The van der Waals surface area contributed by atoms with Gasteiger partial charge in [-0.2, -0.15) is 11.8 Å². The summed E-state index contributed by atoms with van der Waals surface area (Å²) >= 11 is 1.87. The average molecular weight is 403 g/mol. The molecule has 5 nitrogen and oxygen atoms in total. The van der Waals surface area contributed by atoms with E-state index in [2.05, 4.69) is 5.32 Å². The number of halogens is 1. The predicted octanol–water partition coefficient (Wildman–Crippen LogP) is 3.16. The number of carbonyl (C=O) groups is 1. The van der Waals surface area contributed by atoms with Gasteiger partial charge in [0.15, 0.2) is 0 Å². The molecule has 8 heteroatoms. The van der Waals surface area contributed by atoms with Gasteiger partial charge < -0.3 is 5.32 Å². The molecule has 146 valence electrons. The van der Waals surface area contributed by atoms with Gasteiger partial charge in [-0.15, -0.1) is 0 Å². The predicted molar refractivity (Wildman–Crippen MR) is 106 cm³/mol. The van der Waals surface area contributed by atoms with Crippen molar-refractivity contribution >= 4 is 33.4 Å². The van der Waals surface area contributed by atoms with Crippen molar-refractivity contribution in [1.29, 1.82) is 0 Å². The highest BCUT2D eigenvalue weighted by Crippen LogP contribution is 2.27. The highest BCUT2D eigenvalue weighted by molar-refractivity contribution is 7.99. The summed E-state index contributed by atoms with van der Waals surface area (Å²) < 4.78 is 38.4. The van der Waals surface area contributed by atoms with E-state index < -0.39 is 21.9 Å². The first-order valence-electron chi connectivity index (χ1n) is 8.93. The molecule has 1 unspecified atom stereocenters. The third-order valence-electron chi connectivity index (χ3n) is 4.48. The second-order valence-corrected chi connectivity index (χ2v) is 9.90. The average Bonchev–Trinajstić information content (AvgIpc) is 2.60. The minimum atomic E-state index is -3.68. The van der Waals surface area contributed by atoms with E-state index in [0.29, 0.717) is 11.8 Å². The molecule has 2 rings (SSSR count). The second kappa shape index (κ2) is 9.60. The summed E-state index contributed by atoms with van der Waals surface area (Å²) in [5.41, 5.74) is 0.271. The summed E-state index contributed by atoms with van der Waals surface area (Å²) in [4.78, 5) is 12.4. The Morgan fingerprint density at radius 3 is 2.46 bits per heavy atom. The third-order valence-corrected chi connectivity index (χ3v) is 7.10. The molecule has 0 radical (unpaired) electrons. The smallest absolute Gasteiger partial charge is 0.243 e. The van der Waals surface area contributed by atoms with Gasteiger partial charge in [-0.25, -0.2) is 12.8 Å². The number of sulfonamides is 1. The second-order valence-electron chi connectivity index (χ2n) is 6.63. The van der Waals surface area contributed by atoms with Gasteiger partial charge in [0.1, 0.15) is 11.9 Å². The van der Waals surface area contributed by atoms with Crippen molar-refractivity contribution in [2.45, 2.75) is 50.3 Å². The molecule has 0 heterocycles. The number of amides is 1. The van der Waals surface area contributed by atoms with Gasteiger partial charge in [0.25, 0.3) is 0 Å². The van der Waals surface area contributed by atoms with E-state index in [-0.39, 0.29) is 11.6 Å². The van der Waals surface area contributed by atoms with Gasteiger partial charge in [0.2, 0.25) is 15.9 Å². The Bertz CT molecular complexity index is 689. The molecule has 0 aliphatic heterocycles. The van der Waals surface area contributed by atoms with Crippen LogP contribution in [0.5, 0.6) is 0 Å². The van der Waals surface area contributed by atoms with Crippen LogP contribution in [0, 0.1) is 5.82 Å². The van der Waals surface area contributed by atoms with Gasteiger partial charge in [-0.1, -0.05) is 19.3 Å². The molecule has 0 saturated heterocycles. The Kier molecular flexibility index (Phi) is 7.76. The highest BCUT2D eigenvalue weighted by Gasteiger charge is 2.29. The standard InChI is InChI=1S/C18H27FN2O3S2/c1-14(18(22)20-12-13-25-17-6-4-3-5-7-17)21(26(2,23)24)16-10-8-15(19)9-11-16/h8-11,14,17H,3-7,12-13H2,1-2H3,(H,20,22). The zero-order valence-corrected chi connectivity index (χ0v) is 16.9. The molecule has 1 amide bonds. The van der Waals surface area contributed by atoms with Crippen LogP contribution in [0.15, 0.2) is 24.3 Å². The summed E-state index contributed by atoms with van der Waals surface area (Å²) in [6.07, 6.45) is 7.39. The Hall–Kier alpha value is -1.28. The van der Waals surface area contributed by atoms with E-state index in [9.17, 15) is 17.6 Å². The molecule has 1 aliphatic carbocycles. The first kappa shape index (κ1) is 21.0. The summed E-state index contributed by atoms with van der Waals surface area (Å²) in [7, 11) is -3.68. The van der Waals surface area contributed by atoms with Crippen LogP contribution in [0.25, 0.3) is 0 Å². The van der Waals surface area contributed by atoms with Crippen molar-refractivity contribution in [1.82, 2.24) is 5.32 Å². The van der Waals surface area contributed by atoms with Crippen LogP contribution < -0.4 is 9.62 Å². The number of thioether (sulfide) groups is 1. The quantitative estimate of drug-likeness (QED) is 0.679. The number of benzene rings is 1. The number of hydrogen-bond acceptors (Lipinski definition) is 4. The lowest BCUT2D eigenvalue weighted by atomic mass is 10.0. The Morgan fingerprint density at radius 1 is 1.27 bits per heavy atom. The summed E-state index contributed by atoms with van der Waals surface area (Å²) in [6.45, 7) is 2.04. The Morgan fingerprint density at radius 2 is 1.88 bits per heavy atom. The molecule has 26 heavy (non-hydrogen) atoms. The highest BCUT2D eigenvalue weighted by atomic mass is 32.2. The third kappa shape index (κ3) is 6.16. The maximum atomic E-state index is 13.1. The monoisotopic (exact) mass is 402 g/mol. The van der Waals surface area contributed by atoms with Gasteiger partial charge in [0, 0.05) is 17.5 Å². The van der Waals surface area contributed by atoms with Gasteiger partial charge in [-0.05, 0) is 44.0 Å². The molecule has 1 saturated carbocycles. The zero-order valence-electron chi connectivity index (χ0n) is 15.3. The van der Waals surface area contributed by atoms with Crippen molar-refractivity contribution in [3.63, 3.8) is 0 Å². The van der Waals surface area contributed by atoms with Crippen LogP contribution in [-0.2, 0) is 14.8 Å². The van der Waals surface area contributed by atoms with E-state index in [1.807, 2.05) is 11.8 Å². The van der Waals surface area contributed by atoms with Crippen LogP contribution in [-0.4, -0.2) is 44.2 Å². The number of carbonyl (C=O) groups excluding carboxylic acids is 1. The van der Waals surface area contributed by atoms with Crippen LogP contribution in [0.3, 0.4) is 0 Å². The number of nitrogens with one attached hydrogen (secondary N) is 1. The molecule has 1 aliphatic rings. The minimum absolute atomic E-state index is 0.271. The van der Waals surface area contributed by atoms with Crippen molar-refractivity contribution in [3.05, 3.63) is 30.1 Å². The fraction of sp³-hybridized carbons (Fsp3) is 0.611. The van der Waals surface area contributed by atoms with Gasteiger partial charge in [0.05, 0.1) is 11.9 Å². The normalized spacial score (nSPS) is 16.9. The molecular weight excluding hydrogens is 375 g/mol. The lowest BCUT2D eigenvalue weighted by Crippen LogP contribution is -2.48. The fourth-order valence-corrected chi connectivity index (χ4v) is 5.57. The largest absolute Gasteiger partial charge is 0.353 e. The van der Waals surface area contributed by atoms with Crippen molar-refractivity contribution in [3.8, 4) is 0 Å². The first-order valence-corrected chi connectivity index (χ1v) is 11.8. The fourth-order valence-electron chi connectivity index (χ4n) is 3.18. The molecular formula is C18H27FN2O3S2. The maximum absolute atomic E-state index is 13.1. The molecule has 1 atom stereocenters. The molecule has 1 fully saturated rings. The zero-order chi connectivity index (χ0) is 19.2. The number of hydrogen-bond donors (Lipinski definition) is 1. The molecule has 0 spiro atoms. The van der Waals surface area contributed by atoms with Gasteiger partial charge >= 0.3 is 0 Å².